The van der Waals surface area contributed by atoms with Crippen LogP contribution in [0.1, 0.15) is 148 Å². The van der Waals surface area contributed by atoms with Crippen LogP contribution in [0.5, 0.6) is 0 Å². The topological polar surface area (TPSA) is 46.2 Å². The van der Waals surface area contributed by atoms with Crippen molar-refractivity contribution in [2.24, 2.45) is 23.2 Å². The minimum atomic E-state index is -2.18. The molecule has 3 saturated carbocycles. The van der Waals surface area contributed by atoms with Gasteiger partial charge in [-0.25, -0.2) is 0 Å². The molecule has 55 heavy (non-hydrogen) atoms. The standard InChI is InChI=1S/C47H90O5Si3/c1-20-55(21-2,22-3)52-46(12,13)31-23-25-35(4)39-29-30-40-37(26-24-32-47(39,40)14)27-28-38-33-41(50-53(16,17)44(6,7)8)43(49-34-48-15)42(36(38)5)51-54(18,19)45(9,10)11/h27-28,35,39-43H,5,20-26,29-34H2,1-4,6-19H3/b37-27+,38-28-/t35-,39-,40+,41-,42-,43+,47-/m1/s1. The van der Waals surface area contributed by atoms with Crippen molar-refractivity contribution in [3.63, 3.8) is 0 Å². The molecule has 0 aromatic heterocycles. The third-order valence-corrected chi connectivity index (χ3v) is 29.6. The molecule has 3 aliphatic rings. The number of hydrogen-bond donors (Lipinski definition) is 0. The Morgan fingerprint density at radius 3 is 2.00 bits per heavy atom. The summed E-state index contributed by atoms with van der Waals surface area (Å²) in [6.45, 7) is 45.2. The number of fused-ring (bicyclic) bond motifs is 1. The Hall–Kier alpha value is -0.329. The van der Waals surface area contributed by atoms with Gasteiger partial charge in [-0.2, -0.15) is 0 Å². The summed E-state index contributed by atoms with van der Waals surface area (Å²) < 4.78 is 33.6. The van der Waals surface area contributed by atoms with Crippen molar-refractivity contribution in [1.82, 2.24) is 0 Å². The van der Waals surface area contributed by atoms with E-state index in [2.05, 4.69) is 128 Å². The second kappa shape index (κ2) is 18.9. The third-order valence-electron chi connectivity index (χ3n) is 15.8. The van der Waals surface area contributed by atoms with Crippen molar-refractivity contribution in [2.45, 2.75) is 226 Å². The molecule has 320 valence electrons. The van der Waals surface area contributed by atoms with Gasteiger partial charge in [0.15, 0.2) is 25.0 Å². The molecule has 0 saturated heterocycles. The van der Waals surface area contributed by atoms with Crippen LogP contribution < -0.4 is 0 Å². The predicted octanol–water partition coefficient (Wildman–Crippen LogP) is 14.4. The van der Waals surface area contributed by atoms with E-state index in [0.29, 0.717) is 11.3 Å². The summed E-state index contributed by atoms with van der Waals surface area (Å²) in [5.41, 5.74) is 4.32. The normalized spacial score (nSPS) is 29.6. The Labute approximate surface area is 345 Å². The molecule has 3 fully saturated rings. The zero-order chi connectivity index (χ0) is 41.8. The molecule has 8 heteroatoms. The van der Waals surface area contributed by atoms with Gasteiger partial charge in [0.05, 0.1) is 17.8 Å². The van der Waals surface area contributed by atoms with Crippen molar-refractivity contribution < 1.29 is 22.8 Å². The van der Waals surface area contributed by atoms with E-state index in [4.69, 9.17) is 29.3 Å². The number of methoxy groups -OCH3 is 1. The van der Waals surface area contributed by atoms with Crippen LogP contribution in [0.4, 0.5) is 0 Å². The zero-order valence-corrected chi connectivity index (χ0v) is 42.6. The van der Waals surface area contributed by atoms with E-state index in [1.807, 2.05) is 0 Å². The first kappa shape index (κ1) is 49.0. The van der Waals surface area contributed by atoms with E-state index in [0.717, 1.165) is 23.8 Å². The van der Waals surface area contributed by atoms with Gasteiger partial charge in [-0.15, -0.1) is 0 Å². The first-order chi connectivity index (χ1) is 25.2. The minimum Gasteiger partial charge on any atom is -0.412 e. The highest BCUT2D eigenvalue weighted by Gasteiger charge is 2.52. The Kier molecular flexibility index (Phi) is 16.9. The van der Waals surface area contributed by atoms with E-state index in [-0.39, 0.29) is 40.8 Å². The van der Waals surface area contributed by atoms with Gasteiger partial charge in [-0.05, 0) is 141 Å². The first-order valence-corrected chi connectivity index (χ1v) is 30.8. The fraction of sp³-hybridized carbons (Fsp3) is 0.872. The largest absolute Gasteiger partial charge is 0.412 e. The molecule has 3 rings (SSSR count). The van der Waals surface area contributed by atoms with Crippen LogP contribution >= 0.6 is 0 Å². The summed E-state index contributed by atoms with van der Waals surface area (Å²) in [5, 5.41) is 0.131. The van der Waals surface area contributed by atoms with E-state index in [1.165, 1.54) is 75.1 Å². The lowest BCUT2D eigenvalue weighted by molar-refractivity contribution is -0.141. The summed E-state index contributed by atoms with van der Waals surface area (Å²) in [5.74, 6) is 2.17. The molecule has 0 unspecified atom stereocenters. The summed E-state index contributed by atoms with van der Waals surface area (Å²) in [6, 6.07) is 3.67. The molecule has 0 amide bonds. The van der Waals surface area contributed by atoms with Gasteiger partial charge in [0.2, 0.25) is 0 Å². The maximum absolute atomic E-state index is 7.26. The van der Waals surface area contributed by atoms with E-state index < -0.39 is 25.0 Å². The lowest BCUT2D eigenvalue weighted by Gasteiger charge is -2.49. The van der Waals surface area contributed by atoms with Gasteiger partial charge in [-0.3, -0.25) is 0 Å². The quantitative estimate of drug-likeness (QED) is 0.102. The summed E-state index contributed by atoms with van der Waals surface area (Å²) >= 11 is 0. The number of ether oxygens (including phenoxy) is 2. The molecule has 0 bridgehead atoms. The maximum atomic E-state index is 7.26. The first-order valence-electron chi connectivity index (χ1n) is 22.5. The predicted molar refractivity (Wildman–Crippen MR) is 244 cm³/mol. The van der Waals surface area contributed by atoms with Gasteiger partial charge >= 0.3 is 0 Å². The average molecular weight is 819 g/mol. The number of allylic oxidation sites excluding steroid dienone is 3. The summed E-state index contributed by atoms with van der Waals surface area (Å²) in [7, 11) is -4.23. The van der Waals surface area contributed by atoms with Gasteiger partial charge in [0.1, 0.15) is 12.9 Å². The lowest BCUT2D eigenvalue weighted by Crippen LogP contribution is -2.57. The van der Waals surface area contributed by atoms with E-state index in [9.17, 15) is 0 Å². The molecule has 0 heterocycles. The van der Waals surface area contributed by atoms with Crippen molar-refractivity contribution in [3.05, 3.63) is 35.5 Å². The zero-order valence-electron chi connectivity index (χ0n) is 39.6. The van der Waals surface area contributed by atoms with Crippen molar-refractivity contribution in [1.29, 1.82) is 0 Å². The highest BCUT2D eigenvalue weighted by Crippen LogP contribution is 2.60. The van der Waals surface area contributed by atoms with Crippen LogP contribution in [0.25, 0.3) is 0 Å². The molecule has 0 radical (unpaired) electrons. The highest BCUT2D eigenvalue weighted by atomic mass is 28.4. The molecule has 7 atom stereocenters. The molecular formula is C47H90O5Si3. The van der Waals surface area contributed by atoms with Gasteiger partial charge in [-0.1, -0.05) is 113 Å². The van der Waals surface area contributed by atoms with E-state index >= 15 is 0 Å². The van der Waals surface area contributed by atoms with Crippen molar-refractivity contribution in [2.75, 3.05) is 13.9 Å². The van der Waals surface area contributed by atoms with Gasteiger partial charge < -0.3 is 22.8 Å². The van der Waals surface area contributed by atoms with Crippen molar-refractivity contribution >= 4 is 25.0 Å². The summed E-state index contributed by atoms with van der Waals surface area (Å²) in [6.07, 6.45) is 15.3. The molecule has 0 aliphatic heterocycles. The highest BCUT2D eigenvalue weighted by molar-refractivity contribution is 6.74. The number of hydrogen-bond acceptors (Lipinski definition) is 5. The van der Waals surface area contributed by atoms with Crippen LogP contribution in [-0.2, 0) is 22.8 Å². The Morgan fingerprint density at radius 2 is 1.45 bits per heavy atom. The average Bonchev–Trinajstić information content (AvgIpc) is 3.44. The molecule has 0 spiro atoms. The van der Waals surface area contributed by atoms with Gasteiger partial charge in [0, 0.05) is 13.5 Å². The van der Waals surface area contributed by atoms with Crippen LogP contribution in [0.3, 0.4) is 0 Å². The smallest absolute Gasteiger partial charge is 0.193 e. The van der Waals surface area contributed by atoms with Gasteiger partial charge in [0.25, 0.3) is 0 Å². The lowest BCUT2D eigenvalue weighted by atomic mass is 9.60. The molecule has 0 aromatic carbocycles. The Morgan fingerprint density at radius 1 is 0.873 bits per heavy atom. The van der Waals surface area contributed by atoms with Crippen LogP contribution in [-0.4, -0.2) is 62.8 Å². The fourth-order valence-corrected chi connectivity index (χ4v) is 15.7. The fourth-order valence-electron chi connectivity index (χ4n) is 9.93. The molecular weight excluding hydrogens is 729 g/mol. The summed E-state index contributed by atoms with van der Waals surface area (Å²) in [4.78, 5) is 0. The Balaban J connectivity index is 1.89. The maximum Gasteiger partial charge on any atom is 0.193 e. The van der Waals surface area contributed by atoms with Crippen LogP contribution in [0.2, 0.25) is 54.4 Å². The molecule has 0 N–H and O–H groups in total. The van der Waals surface area contributed by atoms with E-state index in [1.54, 1.807) is 12.7 Å². The molecule has 0 aromatic rings. The van der Waals surface area contributed by atoms with Crippen LogP contribution in [0.15, 0.2) is 35.5 Å². The Bertz CT molecular complexity index is 1310. The van der Waals surface area contributed by atoms with Crippen LogP contribution in [0, 0.1) is 23.2 Å². The number of rotatable bonds is 18. The second-order valence-electron chi connectivity index (χ2n) is 22.0. The molecule has 3 aliphatic carbocycles. The minimum absolute atomic E-state index is 0.0210. The third kappa shape index (κ3) is 11.7. The second-order valence-corrected chi connectivity index (χ2v) is 36.2. The monoisotopic (exact) mass is 819 g/mol. The van der Waals surface area contributed by atoms with Crippen molar-refractivity contribution in [3.8, 4) is 0 Å². The molecule has 5 nitrogen and oxygen atoms in total. The SMILES string of the molecule is C=C1/C(=C\C=C2/CCC[C@]3(C)[C@@H]([C@H](C)CCCC(C)(C)O[Si](CC)(CC)CC)CC[C@@H]23)C[C@@H](O[Si](C)(C)C(C)(C)C)[C@H](OCOC)[C@@H]1O[Si](C)(C)C(C)(C)C.